The molecule has 5 nitrogen and oxygen atoms in total. The number of hydrogen-bond acceptors (Lipinski definition) is 3. The Balaban J connectivity index is 1.70. The molecular formula is C23H24N2O3. The number of nitrogens with one attached hydrogen (secondary N) is 2. The smallest absolute Gasteiger partial charge is 0.251 e. The first-order valence-electron chi connectivity index (χ1n) is 9.29. The van der Waals surface area contributed by atoms with Crippen LogP contribution in [0.4, 0.5) is 0 Å². The summed E-state index contributed by atoms with van der Waals surface area (Å²) in [4.78, 5) is 25.2. The fourth-order valence-corrected chi connectivity index (χ4v) is 3.01. The van der Waals surface area contributed by atoms with Crippen LogP contribution in [0.5, 0.6) is 0 Å². The Kier molecular flexibility index (Phi) is 6.27. The average Bonchev–Trinajstić information content (AvgIpc) is 3.15. The number of hydrogen-bond donors (Lipinski definition) is 2. The molecule has 0 radical (unpaired) electrons. The molecule has 28 heavy (non-hydrogen) atoms. The van der Waals surface area contributed by atoms with Crippen molar-refractivity contribution in [2.45, 2.75) is 32.4 Å². The second-order valence-corrected chi connectivity index (χ2v) is 6.74. The summed E-state index contributed by atoms with van der Waals surface area (Å²) < 4.78 is 5.57. The largest absolute Gasteiger partial charge is 0.464 e. The van der Waals surface area contributed by atoms with Crippen molar-refractivity contribution in [2.75, 3.05) is 0 Å². The Hall–Kier alpha value is -3.34. The van der Waals surface area contributed by atoms with E-state index >= 15 is 0 Å². The van der Waals surface area contributed by atoms with E-state index in [0.29, 0.717) is 11.3 Å². The average molecular weight is 376 g/mol. The van der Waals surface area contributed by atoms with Gasteiger partial charge in [-0.2, -0.15) is 0 Å². The Morgan fingerprint density at radius 2 is 1.54 bits per heavy atom. The number of carbonyl (C=O) groups is 2. The fourth-order valence-electron chi connectivity index (χ4n) is 3.01. The fraction of sp³-hybridized carbons (Fsp3) is 0.217. The van der Waals surface area contributed by atoms with Gasteiger partial charge in [-0.05, 0) is 43.7 Å². The number of aryl methyl sites for hydroxylation is 1. The van der Waals surface area contributed by atoms with Crippen LogP contribution in [-0.2, 0) is 4.79 Å². The van der Waals surface area contributed by atoms with Gasteiger partial charge in [0.25, 0.3) is 5.91 Å². The first-order chi connectivity index (χ1) is 13.5. The number of amides is 2. The zero-order chi connectivity index (χ0) is 19.9. The summed E-state index contributed by atoms with van der Waals surface area (Å²) in [5.74, 6) is 1.13. The van der Waals surface area contributed by atoms with Crippen LogP contribution in [-0.4, -0.2) is 11.8 Å². The minimum absolute atomic E-state index is 0.132. The summed E-state index contributed by atoms with van der Waals surface area (Å²) in [5.41, 5.74) is 1.44. The highest BCUT2D eigenvalue weighted by Crippen LogP contribution is 2.20. The van der Waals surface area contributed by atoms with Crippen LogP contribution in [0.3, 0.4) is 0 Å². The molecule has 0 fully saturated rings. The van der Waals surface area contributed by atoms with Gasteiger partial charge in [0, 0.05) is 5.56 Å². The molecule has 0 aliphatic carbocycles. The van der Waals surface area contributed by atoms with Crippen molar-refractivity contribution >= 4 is 11.8 Å². The normalized spacial score (nSPS) is 12.8. The lowest BCUT2D eigenvalue weighted by Crippen LogP contribution is -2.34. The zero-order valence-corrected chi connectivity index (χ0v) is 16.0. The van der Waals surface area contributed by atoms with E-state index in [2.05, 4.69) is 10.6 Å². The van der Waals surface area contributed by atoms with E-state index in [4.69, 9.17) is 4.42 Å². The molecule has 1 heterocycles. The molecule has 0 aliphatic heterocycles. The van der Waals surface area contributed by atoms with Gasteiger partial charge in [0.15, 0.2) is 0 Å². The summed E-state index contributed by atoms with van der Waals surface area (Å²) in [6.07, 6.45) is 0.132. The van der Waals surface area contributed by atoms with Gasteiger partial charge >= 0.3 is 0 Å². The first kappa shape index (κ1) is 19.4. The van der Waals surface area contributed by atoms with Gasteiger partial charge in [0.1, 0.15) is 11.5 Å². The van der Waals surface area contributed by atoms with E-state index < -0.39 is 6.04 Å². The van der Waals surface area contributed by atoms with Crippen LogP contribution in [0.2, 0.25) is 0 Å². The molecule has 2 aromatic carbocycles. The highest BCUT2D eigenvalue weighted by molar-refractivity contribution is 5.94. The van der Waals surface area contributed by atoms with Crippen molar-refractivity contribution in [3.63, 3.8) is 0 Å². The van der Waals surface area contributed by atoms with Crippen molar-refractivity contribution < 1.29 is 14.0 Å². The molecule has 0 spiro atoms. The number of furan rings is 1. The van der Waals surface area contributed by atoms with Gasteiger partial charge in [-0.1, -0.05) is 48.5 Å². The number of carbonyl (C=O) groups excluding carboxylic acids is 2. The second-order valence-electron chi connectivity index (χ2n) is 6.74. The highest BCUT2D eigenvalue weighted by atomic mass is 16.3. The molecule has 0 saturated carbocycles. The summed E-state index contributed by atoms with van der Waals surface area (Å²) in [5, 5.41) is 5.91. The van der Waals surface area contributed by atoms with Crippen LogP contribution in [0.25, 0.3) is 0 Å². The van der Waals surface area contributed by atoms with Crippen molar-refractivity contribution in [2.24, 2.45) is 0 Å². The molecule has 5 heteroatoms. The molecule has 1 aromatic heterocycles. The monoisotopic (exact) mass is 376 g/mol. The second kappa shape index (κ2) is 9.04. The predicted molar refractivity (Wildman–Crippen MR) is 108 cm³/mol. The molecule has 2 N–H and O–H groups in total. The third-order valence-electron chi connectivity index (χ3n) is 4.50. The third-order valence-corrected chi connectivity index (χ3v) is 4.50. The molecule has 0 bridgehead atoms. The quantitative estimate of drug-likeness (QED) is 0.645. The van der Waals surface area contributed by atoms with Gasteiger partial charge < -0.3 is 15.1 Å². The molecule has 0 saturated heterocycles. The Morgan fingerprint density at radius 1 is 0.893 bits per heavy atom. The van der Waals surface area contributed by atoms with Crippen LogP contribution in [0.15, 0.2) is 77.2 Å². The minimum atomic E-state index is -0.431. The molecule has 3 aromatic rings. The molecule has 0 aliphatic rings. The van der Waals surface area contributed by atoms with Crippen molar-refractivity contribution in [3.05, 3.63) is 95.4 Å². The SMILES string of the molecule is Cc1ccc([C@@H](C)NC(=O)C[C@@H](NC(=O)c2ccccc2)c2ccccc2)o1. The van der Waals surface area contributed by atoms with E-state index in [9.17, 15) is 9.59 Å². The van der Waals surface area contributed by atoms with E-state index in [1.54, 1.807) is 12.1 Å². The van der Waals surface area contributed by atoms with Crippen molar-refractivity contribution in [1.29, 1.82) is 0 Å². The maximum atomic E-state index is 12.6. The molecule has 2 atom stereocenters. The van der Waals surface area contributed by atoms with Crippen LogP contribution < -0.4 is 10.6 Å². The van der Waals surface area contributed by atoms with Gasteiger partial charge in [-0.15, -0.1) is 0 Å². The van der Waals surface area contributed by atoms with E-state index in [0.717, 1.165) is 11.3 Å². The van der Waals surface area contributed by atoms with Gasteiger partial charge in [0.2, 0.25) is 5.91 Å². The van der Waals surface area contributed by atoms with Gasteiger partial charge in [-0.3, -0.25) is 9.59 Å². The van der Waals surface area contributed by atoms with Crippen LogP contribution in [0.1, 0.15) is 52.9 Å². The Bertz CT molecular complexity index is 919. The van der Waals surface area contributed by atoms with Crippen molar-refractivity contribution in [3.8, 4) is 0 Å². The number of rotatable bonds is 7. The van der Waals surface area contributed by atoms with Gasteiger partial charge in [0.05, 0.1) is 18.5 Å². The van der Waals surface area contributed by atoms with Crippen LogP contribution >= 0.6 is 0 Å². The predicted octanol–water partition coefficient (Wildman–Crippen LogP) is 4.33. The highest BCUT2D eigenvalue weighted by Gasteiger charge is 2.21. The van der Waals surface area contributed by atoms with Crippen molar-refractivity contribution in [1.82, 2.24) is 10.6 Å². The molecule has 0 unspecified atom stereocenters. The van der Waals surface area contributed by atoms with Crippen LogP contribution in [0, 0.1) is 6.92 Å². The lowest BCUT2D eigenvalue weighted by Gasteiger charge is -2.20. The topological polar surface area (TPSA) is 71.3 Å². The standard InChI is InChI=1S/C23H24N2O3/c1-16-13-14-21(28-16)17(2)24-22(26)15-20(18-9-5-3-6-10-18)25-23(27)19-11-7-4-8-12-19/h3-14,17,20H,15H2,1-2H3,(H,24,26)(H,25,27)/t17-,20-/m1/s1. The van der Waals surface area contributed by atoms with E-state index in [1.165, 1.54) is 0 Å². The molecule has 3 rings (SSSR count). The van der Waals surface area contributed by atoms with E-state index in [1.807, 2.05) is 74.5 Å². The summed E-state index contributed by atoms with van der Waals surface area (Å²) in [6, 6.07) is 21.5. The van der Waals surface area contributed by atoms with Gasteiger partial charge in [-0.25, -0.2) is 0 Å². The number of benzene rings is 2. The Labute approximate surface area is 164 Å². The molecule has 2 amide bonds. The van der Waals surface area contributed by atoms with E-state index in [-0.39, 0.29) is 24.3 Å². The Morgan fingerprint density at radius 3 is 2.14 bits per heavy atom. The third kappa shape index (κ3) is 5.10. The maximum absolute atomic E-state index is 12.6. The lowest BCUT2D eigenvalue weighted by atomic mass is 10.0. The summed E-state index contributed by atoms with van der Waals surface area (Å²) >= 11 is 0. The summed E-state index contributed by atoms with van der Waals surface area (Å²) in [7, 11) is 0. The maximum Gasteiger partial charge on any atom is 0.251 e. The molecular weight excluding hydrogens is 352 g/mol. The first-order valence-corrected chi connectivity index (χ1v) is 9.29. The molecule has 144 valence electrons. The summed E-state index contributed by atoms with van der Waals surface area (Å²) in [6.45, 7) is 3.73. The minimum Gasteiger partial charge on any atom is -0.464 e. The lowest BCUT2D eigenvalue weighted by molar-refractivity contribution is -0.122. The zero-order valence-electron chi connectivity index (χ0n) is 16.0.